The normalized spacial score (nSPS) is 24.3. The fraction of sp³-hybridized carbons (Fsp3) is 0.391. The number of nitrogens with one attached hydrogen (secondary N) is 1. The smallest absolute Gasteiger partial charge is 0.251 e. The van der Waals surface area contributed by atoms with Gasteiger partial charge in [0.25, 0.3) is 5.91 Å². The first-order valence-electron chi connectivity index (χ1n) is 10.2. The molecule has 0 radical (unpaired) electrons. The number of carbonyl (C=O) groups is 1. The molecule has 1 fully saturated rings. The minimum Gasteiger partial charge on any atom is -0.388 e. The number of aromatic nitrogens is 1. The summed E-state index contributed by atoms with van der Waals surface area (Å²) in [4.78, 5) is 16.3. The number of hydrogen-bond donors (Lipinski definition) is 2. The molecule has 0 spiro atoms. The molecule has 4 rings (SSSR count). The van der Waals surface area contributed by atoms with E-state index in [0.29, 0.717) is 25.1 Å². The summed E-state index contributed by atoms with van der Waals surface area (Å²) in [5.74, 6) is 0.0287. The van der Waals surface area contributed by atoms with Crippen molar-refractivity contribution < 1.29 is 18.8 Å². The van der Waals surface area contributed by atoms with E-state index in [-0.39, 0.29) is 11.9 Å². The number of aryl methyl sites for hydroxylation is 2. The van der Waals surface area contributed by atoms with Gasteiger partial charge in [-0.3, -0.25) is 9.69 Å². The average Bonchev–Trinajstić information content (AvgIpc) is 3.36. The van der Waals surface area contributed by atoms with Crippen LogP contribution >= 0.6 is 11.3 Å². The molecule has 8 heteroatoms. The SMILES string of the molecule is Cc1noc(C)c1CN1CC[C@@](C)(O)[C@@H](NC(=O)c2ccc(F)cc2)[C@@H]1c1cccs1. The third-order valence-corrected chi connectivity index (χ3v) is 7.00. The van der Waals surface area contributed by atoms with Crippen LogP contribution in [0.15, 0.2) is 46.3 Å². The van der Waals surface area contributed by atoms with Crippen LogP contribution in [0.3, 0.4) is 0 Å². The van der Waals surface area contributed by atoms with Crippen LogP contribution < -0.4 is 5.32 Å². The molecule has 0 bridgehead atoms. The lowest BCUT2D eigenvalue weighted by atomic mass is 9.81. The topological polar surface area (TPSA) is 78.6 Å². The summed E-state index contributed by atoms with van der Waals surface area (Å²) in [7, 11) is 0. The van der Waals surface area contributed by atoms with Crippen molar-refractivity contribution in [1.82, 2.24) is 15.4 Å². The van der Waals surface area contributed by atoms with Gasteiger partial charge in [-0.05, 0) is 62.9 Å². The number of carbonyl (C=O) groups excluding carboxylic acids is 1. The van der Waals surface area contributed by atoms with E-state index in [4.69, 9.17) is 4.52 Å². The number of amides is 1. The van der Waals surface area contributed by atoms with Crippen LogP contribution in [0.1, 0.15) is 51.6 Å². The van der Waals surface area contributed by atoms with Crippen molar-refractivity contribution in [3.63, 3.8) is 0 Å². The second kappa shape index (κ2) is 8.53. The molecule has 1 aliphatic rings. The summed E-state index contributed by atoms with van der Waals surface area (Å²) < 4.78 is 18.6. The van der Waals surface area contributed by atoms with E-state index >= 15 is 0 Å². The van der Waals surface area contributed by atoms with Crippen molar-refractivity contribution in [2.24, 2.45) is 0 Å². The third kappa shape index (κ3) is 4.42. The van der Waals surface area contributed by atoms with E-state index < -0.39 is 17.5 Å². The van der Waals surface area contributed by atoms with Gasteiger partial charge in [0, 0.05) is 29.1 Å². The van der Waals surface area contributed by atoms with Gasteiger partial charge in [-0.15, -0.1) is 11.3 Å². The molecule has 0 aliphatic carbocycles. The summed E-state index contributed by atoms with van der Waals surface area (Å²) in [6.45, 7) is 6.82. The number of rotatable bonds is 5. The highest BCUT2D eigenvalue weighted by molar-refractivity contribution is 7.10. The lowest BCUT2D eigenvalue weighted by Gasteiger charge is -2.48. The maximum absolute atomic E-state index is 13.3. The summed E-state index contributed by atoms with van der Waals surface area (Å²) in [6.07, 6.45) is 0.493. The van der Waals surface area contributed by atoms with Gasteiger partial charge in [-0.25, -0.2) is 4.39 Å². The first kappa shape index (κ1) is 21.7. The molecule has 164 valence electrons. The lowest BCUT2D eigenvalue weighted by Crippen LogP contribution is -2.62. The van der Waals surface area contributed by atoms with Crippen LogP contribution in [0.5, 0.6) is 0 Å². The monoisotopic (exact) mass is 443 g/mol. The van der Waals surface area contributed by atoms with Crippen molar-refractivity contribution >= 4 is 17.2 Å². The highest BCUT2D eigenvalue weighted by atomic mass is 32.1. The molecule has 6 nitrogen and oxygen atoms in total. The molecule has 2 aromatic heterocycles. The van der Waals surface area contributed by atoms with Crippen molar-refractivity contribution in [2.75, 3.05) is 6.54 Å². The van der Waals surface area contributed by atoms with Gasteiger partial charge in [0.05, 0.1) is 23.4 Å². The zero-order valence-electron chi connectivity index (χ0n) is 17.8. The molecule has 3 atom stereocenters. The zero-order valence-corrected chi connectivity index (χ0v) is 18.6. The van der Waals surface area contributed by atoms with Gasteiger partial charge in [0.15, 0.2) is 0 Å². The summed E-state index contributed by atoms with van der Waals surface area (Å²) in [5.41, 5.74) is 1.10. The Morgan fingerprint density at radius 1 is 1.35 bits per heavy atom. The van der Waals surface area contributed by atoms with Crippen LogP contribution in [-0.4, -0.2) is 39.3 Å². The first-order valence-corrected chi connectivity index (χ1v) is 11.1. The zero-order chi connectivity index (χ0) is 22.2. The van der Waals surface area contributed by atoms with E-state index in [1.54, 1.807) is 18.3 Å². The molecule has 0 saturated carbocycles. The second-order valence-corrected chi connectivity index (χ2v) is 9.28. The summed E-state index contributed by atoms with van der Waals surface area (Å²) in [5, 5.41) is 20.4. The van der Waals surface area contributed by atoms with Crippen LogP contribution in [0.25, 0.3) is 0 Å². The molecular formula is C23H26FN3O3S. The second-order valence-electron chi connectivity index (χ2n) is 8.30. The Kier molecular flexibility index (Phi) is 5.96. The Morgan fingerprint density at radius 3 is 2.71 bits per heavy atom. The molecule has 3 heterocycles. The summed E-state index contributed by atoms with van der Waals surface area (Å²) in [6, 6.07) is 8.61. The number of hydrogen-bond acceptors (Lipinski definition) is 6. The van der Waals surface area contributed by atoms with Crippen LogP contribution in [-0.2, 0) is 6.54 Å². The molecule has 2 N–H and O–H groups in total. The Balaban J connectivity index is 1.67. The molecule has 0 unspecified atom stereocenters. The fourth-order valence-corrected chi connectivity index (χ4v) is 5.08. The van der Waals surface area contributed by atoms with Gasteiger partial charge in [0.2, 0.25) is 0 Å². The van der Waals surface area contributed by atoms with Crippen LogP contribution in [0, 0.1) is 19.7 Å². The largest absolute Gasteiger partial charge is 0.388 e. The Bertz CT molecular complexity index is 1030. The molecule has 3 aromatic rings. The van der Waals surface area contributed by atoms with Crippen LogP contribution in [0.4, 0.5) is 4.39 Å². The molecular weight excluding hydrogens is 417 g/mol. The maximum atomic E-state index is 13.3. The molecule has 1 saturated heterocycles. The number of aliphatic hydroxyl groups is 1. The van der Waals surface area contributed by atoms with Gasteiger partial charge in [0.1, 0.15) is 11.6 Å². The van der Waals surface area contributed by atoms with Crippen LogP contribution in [0.2, 0.25) is 0 Å². The summed E-state index contributed by atoms with van der Waals surface area (Å²) >= 11 is 1.59. The van der Waals surface area contributed by atoms with Gasteiger partial charge in [-0.1, -0.05) is 11.2 Å². The average molecular weight is 444 g/mol. The van der Waals surface area contributed by atoms with E-state index in [1.807, 2.05) is 31.4 Å². The van der Waals surface area contributed by atoms with Crippen molar-refractivity contribution in [2.45, 2.75) is 51.4 Å². The van der Waals surface area contributed by atoms with E-state index in [0.717, 1.165) is 21.9 Å². The molecule has 1 aliphatic heterocycles. The third-order valence-electron chi connectivity index (χ3n) is 6.05. The number of benzene rings is 1. The highest BCUT2D eigenvalue weighted by Crippen LogP contribution is 2.40. The predicted octanol–water partition coefficient (Wildman–Crippen LogP) is 3.99. The number of piperidine rings is 1. The number of nitrogens with zero attached hydrogens (tertiary/aromatic N) is 2. The van der Waals surface area contributed by atoms with E-state index in [2.05, 4.69) is 15.4 Å². The number of thiophene rings is 1. The Hall–Kier alpha value is -2.55. The Labute approximate surface area is 184 Å². The van der Waals surface area contributed by atoms with Crippen molar-refractivity contribution in [3.8, 4) is 0 Å². The fourth-order valence-electron chi connectivity index (χ4n) is 4.19. The highest BCUT2D eigenvalue weighted by Gasteiger charge is 2.47. The molecule has 1 amide bonds. The van der Waals surface area contributed by atoms with E-state index in [9.17, 15) is 14.3 Å². The number of likely N-dealkylation sites (tertiary alicyclic amines) is 1. The van der Waals surface area contributed by atoms with E-state index in [1.165, 1.54) is 24.3 Å². The first-order chi connectivity index (χ1) is 14.8. The lowest BCUT2D eigenvalue weighted by molar-refractivity contribution is -0.0657. The minimum absolute atomic E-state index is 0.234. The van der Waals surface area contributed by atoms with Gasteiger partial charge < -0.3 is 14.9 Å². The molecule has 1 aromatic carbocycles. The Morgan fingerprint density at radius 2 is 2.10 bits per heavy atom. The standard InChI is InChI=1S/C23H26FN3O3S/c1-14-18(15(2)30-26-14)13-27-11-10-23(3,29)21(20(27)19-5-4-12-31-19)25-22(28)16-6-8-17(24)9-7-16/h4-9,12,20-21,29H,10-11,13H2,1-3H3,(H,25,28)/t20-,21-,23+/m0/s1. The van der Waals surface area contributed by atoms with Gasteiger partial charge >= 0.3 is 0 Å². The maximum Gasteiger partial charge on any atom is 0.251 e. The van der Waals surface area contributed by atoms with Crippen molar-refractivity contribution in [1.29, 1.82) is 0 Å². The van der Waals surface area contributed by atoms with Crippen molar-refractivity contribution in [3.05, 3.63) is 75.1 Å². The number of halogens is 1. The predicted molar refractivity (Wildman–Crippen MR) is 116 cm³/mol. The quantitative estimate of drug-likeness (QED) is 0.624. The van der Waals surface area contributed by atoms with Gasteiger partial charge in [-0.2, -0.15) is 0 Å². The molecule has 31 heavy (non-hydrogen) atoms. The minimum atomic E-state index is -1.11.